The molecule has 3 atom stereocenters. The Bertz CT molecular complexity index is 645. The number of hydrogen-bond acceptors (Lipinski definition) is 9. The van der Waals surface area contributed by atoms with E-state index >= 15 is 0 Å². The first kappa shape index (κ1) is 25.1. The van der Waals surface area contributed by atoms with E-state index in [4.69, 9.17) is 24.8 Å². The van der Waals surface area contributed by atoms with E-state index in [2.05, 4.69) is 14.8 Å². The van der Waals surface area contributed by atoms with Crippen molar-refractivity contribution in [1.29, 1.82) is 0 Å². The van der Waals surface area contributed by atoms with Crippen molar-refractivity contribution in [3.8, 4) is 0 Å². The van der Waals surface area contributed by atoms with Crippen molar-refractivity contribution >= 4 is 24.6 Å². The molecular weight excluding hydrogens is 410 g/mol. The summed E-state index contributed by atoms with van der Waals surface area (Å²) in [6, 6.07) is 0. The lowest BCUT2D eigenvalue weighted by atomic mass is 9.72. The van der Waals surface area contributed by atoms with Gasteiger partial charge in [-0.2, -0.15) is 0 Å². The lowest BCUT2D eigenvalue weighted by molar-refractivity contribution is -0.135. The summed E-state index contributed by atoms with van der Waals surface area (Å²) in [4.78, 5) is 44.4. The van der Waals surface area contributed by atoms with Gasteiger partial charge >= 0.3 is 24.6 Å². The predicted molar refractivity (Wildman–Crippen MR) is 96.7 cm³/mol. The van der Waals surface area contributed by atoms with Crippen LogP contribution in [0.5, 0.6) is 0 Å². The Morgan fingerprint density at radius 2 is 1.30 bits per heavy atom. The molecule has 0 aromatic carbocycles. The number of piperidine rings is 1. The van der Waals surface area contributed by atoms with Gasteiger partial charge in [0.2, 0.25) is 0 Å². The first-order valence-electron chi connectivity index (χ1n) is 8.96. The van der Waals surface area contributed by atoms with Crippen LogP contribution in [0.25, 0.3) is 0 Å². The standard InChI is InChI=1S/C17H27NO12/c1-16(2)5-8(6-17(3,4)18-16)10(29-14(23)24)11(30-15(25)26)9(28-13(21)22)7-27-12(19)20/h8-11,18H,5-7H2,1-4H3,(H,19,20)(H,21,22)(H,23,24)(H,25,26). The third kappa shape index (κ3) is 8.19. The number of nitrogens with one attached hydrogen (secondary N) is 1. The fraction of sp³-hybridized carbons (Fsp3) is 0.765. The average Bonchev–Trinajstić information content (AvgIpc) is 2.50. The molecule has 13 heteroatoms. The molecule has 1 rings (SSSR count). The third-order valence-electron chi connectivity index (χ3n) is 4.47. The molecule has 1 saturated heterocycles. The summed E-state index contributed by atoms with van der Waals surface area (Å²) < 4.78 is 18.6. The van der Waals surface area contributed by atoms with Crippen LogP contribution in [0.4, 0.5) is 19.2 Å². The van der Waals surface area contributed by atoms with Crippen molar-refractivity contribution in [2.45, 2.75) is 69.9 Å². The fourth-order valence-electron chi connectivity index (χ4n) is 4.13. The molecule has 0 aromatic heterocycles. The van der Waals surface area contributed by atoms with Crippen molar-refractivity contribution in [2.75, 3.05) is 6.61 Å². The molecule has 13 nitrogen and oxygen atoms in total. The number of carbonyl (C=O) groups is 4. The zero-order valence-corrected chi connectivity index (χ0v) is 17.0. The topological polar surface area (TPSA) is 198 Å². The molecule has 3 unspecified atom stereocenters. The molecule has 5 N–H and O–H groups in total. The minimum absolute atomic E-state index is 0.313. The van der Waals surface area contributed by atoms with Gasteiger partial charge in [-0.15, -0.1) is 0 Å². The molecule has 0 radical (unpaired) electrons. The van der Waals surface area contributed by atoms with E-state index in [1.165, 1.54) is 0 Å². The Balaban J connectivity index is 3.38. The highest BCUT2D eigenvalue weighted by Gasteiger charge is 2.49. The van der Waals surface area contributed by atoms with Gasteiger partial charge in [0.15, 0.2) is 12.2 Å². The second-order valence-electron chi connectivity index (χ2n) is 8.26. The highest BCUT2D eigenvalue weighted by atomic mass is 16.7. The van der Waals surface area contributed by atoms with Crippen LogP contribution in [0.1, 0.15) is 40.5 Å². The van der Waals surface area contributed by atoms with E-state index in [1.807, 2.05) is 27.7 Å². The first-order chi connectivity index (χ1) is 13.6. The van der Waals surface area contributed by atoms with E-state index in [-0.39, 0.29) is 0 Å². The summed E-state index contributed by atoms with van der Waals surface area (Å²) in [7, 11) is 0. The summed E-state index contributed by atoms with van der Waals surface area (Å²) >= 11 is 0. The Labute approximate surface area is 171 Å². The summed E-state index contributed by atoms with van der Waals surface area (Å²) in [5, 5.41) is 39.4. The molecule has 1 fully saturated rings. The van der Waals surface area contributed by atoms with E-state index < -0.39 is 66.5 Å². The molecule has 0 spiro atoms. The molecule has 1 aliphatic heterocycles. The molecule has 1 heterocycles. The van der Waals surface area contributed by atoms with Gasteiger partial charge in [0.25, 0.3) is 0 Å². The summed E-state index contributed by atoms with van der Waals surface area (Å²) in [5.41, 5.74) is -1.03. The third-order valence-corrected chi connectivity index (χ3v) is 4.47. The van der Waals surface area contributed by atoms with Crippen molar-refractivity contribution in [3.63, 3.8) is 0 Å². The van der Waals surface area contributed by atoms with Gasteiger partial charge in [-0.05, 0) is 40.5 Å². The predicted octanol–water partition coefficient (Wildman–Crippen LogP) is 2.43. The monoisotopic (exact) mass is 437 g/mol. The Hall–Kier alpha value is -2.96. The molecule has 30 heavy (non-hydrogen) atoms. The van der Waals surface area contributed by atoms with Gasteiger partial charge in [-0.1, -0.05) is 0 Å². The van der Waals surface area contributed by atoms with Crippen LogP contribution in [0, 0.1) is 5.92 Å². The number of carboxylic acid groups (broad SMARTS) is 4. The maximum atomic E-state index is 11.4. The highest BCUT2D eigenvalue weighted by Crippen LogP contribution is 2.38. The minimum atomic E-state index is -1.87. The van der Waals surface area contributed by atoms with Gasteiger partial charge in [0, 0.05) is 17.0 Å². The van der Waals surface area contributed by atoms with E-state index in [1.54, 1.807) is 0 Å². The van der Waals surface area contributed by atoms with Crippen LogP contribution < -0.4 is 5.32 Å². The van der Waals surface area contributed by atoms with Gasteiger partial charge in [0.05, 0.1) is 0 Å². The highest BCUT2D eigenvalue weighted by molar-refractivity contribution is 5.60. The van der Waals surface area contributed by atoms with Crippen molar-refractivity contribution in [3.05, 3.63) is 0 Å². The molecule has 0 bridgehead atoms. The van der Waals surface area contributed by atoms with E-state index in [0.29, 0.717) is 12.8 Å². The Kier molecular flexibility index (Phi) is 8.10. The number of rotatable bonds is 8. The molecule has 0 amide bonds. The average molecular weight is 437 g/mol. The molecule has 0 saturated carbocycles. The second kappa shape index (κ2) is 9.69. The largest absolute Gasteiger partial charge is 0.506 e. The maximum Gasteiger partial charge on any atom is 0.506 e. The van der Waals surface area contributed by atoms with Crippen LogP contribution in [-0.4, -0.2) is 81.0 Å². The molecule has 0 aliphatic carbocycles. The molecule has 172 valence electrons. The second-order valence-corrected chi connectivity index (χ2v) is 8.26. The normalized spacial score (nSPS) is 20.8. The SMILES string of the molecule is CC1(C)CC(C(OC(=O)O)C(OC(=O)O)C(COC(=O)O)OC(=O)O)CC(C)(C)N1. The van der Waals surface area contributed by atoms with Crippen molar-refractivity contribution < 1.29 is 58.6 Å². The van der Waals surface area contributed by atoms with Crippen LogP contribution in [0.15, 0.2) is 0 Å². The smallest absolute Gasteiger partial charge is 0.450 e. The van der Waals surface area contributed by atoms with Crippen LogP contribution in [0.3, 0.4) is 0 Å². The van der Waals surface area contributed by atoms with Gasteiger partial charge in [0.1, 0.15) is 12.7 Å². The zero-order chi connectivity index (χ0) is 23.3. The zero-order valence-electron chi connectivity index (χ0n) is 17.0. The van der Waals surface area contributed by atoms with Crippen molar-refractivity contribution in [1.82, 2.24) is 5.32 Å². The van der Waals surface area contributed by atoms with Crippen molar-refractivity contribution in [2.24, 2.45) is 5.92 Å². The van der Waals surface area contributed by atoms with Crippen LogP contribution in [0.2, 0.25) is 0 Å². The summed E-state index contributed by atoms with van der Waals surface area (Å²) in [5.74, 6) is -0.624. The molecular formula is C17H27NO12. The fourth-order valence-corrected chi connectivity index (χ4v) is 4.13. The number of hydrogen-bond donors (Lipinski definition) is 5. The Morgan fingerprint density at radius 1 is 0.833 bits per heavy atom. The number of ether oxygens (including phenoxy) is 4. The van der Waals surface area contributed by atoms with E-state index in [9.17, 15) is 24.3 Å². The maximum absolute atomic E-state index is 11.4. The lowest BCUT2D eigenvalue weighted by Crippen LogP contribution is -2.62. The van der Waals surface area contributed by atoms with Gasteiger partial charge < -0.3 is 44.7 Å². The minimum Gasteiger partial charge on any atom is -0.450 e. The first-order valence-corrected chi connectivity index (χ1v) is 8.96. The molecule has 1 aliphatic rings. The van der Waals surface area contributed by atoms with Gasteiger partial charge in [-0.25, -0.2) is 19.2 Å². The van der Waals surface area contributed by atoms with Crippen LogP contribution >= 0.6 is 0 Å². The summed E-state index contributed by atoms with van der Waals surface area (Å²) in [6.45, 7) is 6.47. The van der Waals surface area contributed by atoms with Crippen LogP contribution in [-0.2, 0) is 18.9 Å². The van der Waals surface area contributed by atoms with E-state index in [0.717, 1.165) is 0 Å². The summed E-state index contributed by atoms with van der Waals surface area (Å²) in [6.07, 6.45) is -11.7. The van der Waals surface area contributed by atoms with Gasteiger partial charge in [-0.3, -0.25) is 0 Å². The lowest BCUT2D eigenvalue weighted by Gasteiger charge is -2.49. The molecule has 0 aromatic rings. The quantitative estimate of drug-likeness (QED) is 0.274. The Morgan fingerprint density at radius 3 is 1.70 bits per heavy atom.